The summed E-state index contributed by atoms with van der Waals surface area (Å²) in [5.41, 5.74) is 1.53. The van der Waals surface area contributed by atoms with Crippen molar-refractivity contribution in [3.63, 3.8) is 0 Å². The summed E-state index contributed by atoms with van der Waals surface area (Å²) in [7, 11) is 0. The number of hydrogen-bond acceptors (Lipinski definition) is 1. The zero-order valence-electron chi connectivity index (χ0n) is 8.02. The minimum Gasteiger partial charge on any atom is -0.276 e. The van der Waals surface area contributed by atoms with Crippen LogP contribution in [0.15, 0.2) is 18.2 Å². The summed E-state index contributed by atoms with van der Waals surface area (Å²) in [6.45, 7) is 2.13. The third kappa shape index (κ3) is 3.00. The van der Waals surface area contributed by atoms with E-state index in [0.717, 1.165) is 24.8 Å². The number of hydrogen-bond donors (Lipinski definition) is 0. The van der Waals surface area contributed by atoms with Gasteiger partial charge in [0, 0.05) is 10.6 Å². The Bertz CT molecular complexity index is 334. The van der Waals surface area contributed by atoms with Gasteiger partial charge in [-0.05, 0) is 42.1 Å². The summed E-state index contributed by atoms with van der Waals surface area (Å²) in [5, 5.41) is 0.166. The largest absolute Gasteiger partial charge is 0.276 e. The maximum absolute atomic E-state index is 10.8. The van der Waals surface area contributed by atoms with Gasteiger partial charge in [-0.15, -0.1) is 0 Å². The van der Waals surface area contributed by atoms with Gasteiger partial charge < -0.3 is 0 Å². The van der Waals surface area contributed by atoms with E-state index < -0.39 is 5.24 Å². The summed E-state index contributed by atoms with van der Waals surface area (Å²) in [5.74, 6) is 0. The molecule has 0 radical (unpaired) electrons. The number of carbonyl (C=O) groups is 1. The van der Waals surface area contributed by atoms with Crippen molar-refractivity contribution >= 4 is 28.4 Å². The predicted octanol–water partition coefficient (Wildman–Crippen LogP) is 4.06. The number of unbranched alkanes of at least 4 members (excludes halogenated alkanes) is 1. The maximum Gasteiger partial charge on any atom is 0.252 e. The average molecular weight is 231 g/mol. The fourth-order valence-corrected chi connectivity index (χ4v) is 1.63. The lowest BCUT2D eigenvalue weighted by Gasteiger charge is -2.03. The second-order valence-corrected chi connectivity index (χ2v) is 3.93. The molecule has 0 aliphatic rings. The van der Waals surface area contributed by atoms with Crippen LogP contribution in [0.1, 0.15) is 35.7 Å². The molecule has 0 saturated carbocycles. The van der Waals surface area contributed by atoms with Crippen LogP contribution in [-0.2, 0) is 6.42 Å². The smallest absolute Gasteiger partial charge is 0.252 e. The molecule has 3 heteroatoms. The molecule has 0 fully saturated rings. The van der Waals surface area contributed by atoms with Crippen molar-refractivity contribution in [1.29, 1.82) is 0 Å². The van der Waals surface area contributed by atoms with Crippen molar-refractivity contribution in [1.82, 2.24) is 0 Å². The highest BCUT2D eigenvalue weighted by Crippen LogP contribution is 2.20. The molecule has 1 aromatic carbocycles. The molecule has 0 aliphatic carbocycles. The number of carbonyl (C=O) groups excluding carboxylic acids is 1. The van der Waals surface area contributed by atoms with Gasteiger partial charge in [0.1, 0.15) is 0 Å². The van der Waals surface area contributed by atoms with E-state index in [1.165, 1.54) is 0 Å². The first-order valence-electron chi connectivity index (χ1n) is 4.63. The third-order valence-corrected chi connectivity index (χ3v) is 2.65. The molecule has 0 N–H and O–H groups in total. The highest BCUT2D eigenvalue weighted by atomic mass is 35.5. The summed E-state index contributed by atoms with van der Waals surface area (Å²) in [6.07, 6.45) is 3.19. The molecule has 0 saturated heterocycles. The Morgan fingerprint density at radius 2 is 2.14 bits per heavy atom. The first-order chi connectivity index (χ1) is 6.65. The molecule has 0 aromatic heterocycles. The molecule has 0 amide bonds. The van der Waals surface area contributed by atoms with Gasteiger partial charge in [0.25, 0.3) is 5.24 Å². The zero-order valence-corrected chi connectivity index (χ0v) is 9.53. The molecular weight excluding hydrogens is 219 g/mol. The Balaban J connectivity index is 2.84. The van der Waals surface area contributed by atoms with Gasteiger partial charge in [0.2, 0.25) is 0 Å². The van der Waals surface area contributed by atoms with Crippen LogP contribution in [0.25, 0.3) is 0 Å². The van der Waals surface area contributed by atoms with E-state index in [-0.39, 0.29) is 0 Å². The van der Waals surface area contributed by atoms with Crippen LogP contribution in [0.5, 0.6) is 0 Å². The van der Waals surface area contributed by atoms with Crippen LogP contribution < -0.4 is 0 Å². The minimum absolute atomic E-state index is 0.455. The van der Waals surface area contributed by atoms with E-state index in [4.69, 9.17) is 23.2 Å². The molecule has 0 spiro atoms. The van der Waals surface area contributed by atoms with E-state index >= 15 is 0 Å². The van der Waals surface area contributed by atoms with Gasteiger partial charge in [0.05, 0.1) is 0 Å². The standard InChI is InChI=1S/C11H12Cl2O/c1-2-3-4-8-5-6-9(11(13)14)7-10(8)12/h5-7H,2-4H2,1H3. The summed E-state index contributed by atoms with van der Waals surface area (Å²) in [6, 6.07) is 5.21. The molecule has 1 rings (SSSR count). The van der Waals surface area contributed by atoms with Crippen LogP contribution in [0.2, 0.25) is 5.02 Å². The summed E-state index contributed by atoms with van der Waals surface area (Å²) < 4.78 is 0. The summed E-state index contributed by atoms with van der Waals surface area (Å²) in [4.78, 5) is 10.8. The van der Waals surface area contributed by atoms with E-state index in [1.54, 1.807) is 12.1 Å². The number of aryl methyl sites for hydroxylation is 1. The van der Waals surface area contributed by atoms with E-state index in [2.05, 4.69) is 6.92 Å². The normalized spacial score (nSPS) is 10.2. The van der Waals surface area contributed by atoms with Crippen molar-refractivity contribution in [2.75, 3.05) is 0 Å². The predicted molar refractivity (Wildman–Crippen MR) is 60.2 cm³/mol. The van der Waals surface area contributed by atoms with Crippen molar-refractivity contribution < 1.29 is 4.79 Å². The molecular formula is C11H12Cl2O. The van der Waals surface area contributed by atoms with Crippen LogP contribution in [0.4, 0.5) is 0 Å². The SMILES string of the molecule is CCCCc1ccc(C(=O)Cl)cc1Cl. The molecule has 0 unspecified atom stereocenters. The van der Waals surface area contributed by atoms with Crippen molar-refractivity contribution in [3.05, 3.63) is 34.3 Å². The third-order valence-electron chi connectivity index (χ3n) is 2.08. The van der Waals surface area contributed by atoms with Crippen LogP contribution >= 0.6 is 23.2 Å². The summed E-state index contributed by atoms with van der Waals surface area (Å²) >= 11 is 11.3. The number of halogens is 2. The van der Waals surface area contributed by atoms with Gasteiger partial charge in [-0.25, -0.2) is 0 Å². The molecule has 1 aromatic rings. The van der Waals surface area contributed by atoms with E-state index in [9.17, 15) is 4.79 Å². The Labute approximate surface area is 94.0 Å². The van der Waals surface area contributed by atoms with Crippen LogP contribution in [0.3, 0.4) is 0 Å². The van der Waals surface area contributed by atoms with Crippen molar-refractivity contribution in [2.45, 2.75) is 26.2 Å². The van der Waals surface area contributed by atoms with Crippen molar-refractivity contribution in [3.8, 4) is 0 Å². The Kier molecular flexibility index (Phi) is 4.43. The van der Waals surface area contributed by atoms with Gasteiger partial charge >= 0.3 is 0 Å². The van der Waals surface area contributed by atoms with Crippen molar-refractivity contribution in [2.24, 2.45) is 0 Å². The monoisotopic (exact) mass is 230 g/mol. The zero-order chi connectivity index (χ0) is 10.6. The second-order valence-electron chi connectivity index (χ2n) is 3.18. The molecule has 14 heavy (non-hydrogen) atoms. The number of rotatable bonds is 4. The highest BCUT2D eigenvalue weighted by molar-refractivity contribution is 6.67. The minimum atomic E-state index is -0.464. The van der Waals surface area contributed by atoms with Gasteiger partial charge in [-0.1, -0.05) is 31.0 Å². The Morgan fingerprint density at radius 1 is 1.43 bits per heavy atom. The molecule has 76 valence electrons. The molecule has 0 bridgehead atoms. The topological polar surface area (TPSA) is 17.1 Å². The lowest BCUT2D eigenvalue weighted by molar-refractivity contribution is 0.108. The second kappa shape index (κ2) is 5.38. The quantitative estimate of drug-likeness (QED) is 0.714. The fraction of sp³-hybridized carbons (Fsp3) is 0.364. The lowest BCUT2D eigenvalue weighted by Crippen LogP contribution is -1.92. The average Bonchev–Trinajstić information content (AvgIpc) is 2.15. The van der Waals surface area contributed by atoms with Gasteiger partial charge in [-0.3, -0.25) is 4.79 Å². The Morgan fingerprint density at radius 3 is 2.64 bits per heavy atom. The lowest BCUT2D eigenvalue weighted by atomic mass is 10.1. The van der Waals surface area contributed by atoms with Crippen LogP contribution in [0, 0.1) is 0 Å². The molecule has 0 atom stereocenters. The van der Waals surface area contributed by atoms with E-state index in [0.29, 0.717) is 10.6 Å². The first kappa shape index (κ1) is 11.5. The van der Waals surface area contributed by atoms with E-state index in [1.807, 2.05) is 6.07 Å². The maximum atomic E-state index is 10.8. The molecule has 1 nitrogen and oxygen atoms in total. The molecule has 0 heterocycles. The highest BCUT2D eigenvalue weighted by Gasteiger charge is 2.05. The van der Waals surface area contributed by atoms with Crippen LogP contribution in [-0.4, -0.2) is 5.24 Å². The first-order valence-corrected chi connectivity index (χ1v) is 5.39. The Hall–Kier alpha value is -0.530. The molecule has 0 aliphatic heterocycles. The van der Waals surface area contributed by atoms with Gasteiger partial charge in [-0.2, -0.15) is 0 Å². The number of benzene rings is 1. The van der Waals surface area contributed by atoms with Gasteiger partial charge in [0.15, 0.2) is 0 Å². The fourth-order valence-electron chi connectivity index (χ4n) is 1.24.